The number of carbonyl (C=O) groups excluding carboxylic acids is 4. The van der Waals surface area contributed by atoms with Gasteiger partial charge in [-0.1, -0.05) is 37.1 Å². The summed E-state index contributed by atoms with van der Waals surface area (Å²) in [6.45, 7) is 8.89. The molecule has 1 N–H and O–H groups in total. The standard InChI is InChI=1S/C18H25N3O6S/c1-4-6-26-17(24)20-10-13(28-12(3)22)8-14(20)15-9-19-16(23)11-21(15)18(25)27-7-5-2/h4-5,13-15H,1-2,6-11H2,3H3,(H,19,23)/t13-,14-,15?/m0/s1. The summed E-state index contributed by atoms with van der Waals surface area (Å²) < 4.78 is 10.3. The molecule has 2 fully saturated rings. The van der Waals surface area contributed by atoms with E-state index in [0.717, 1.165) is 11.8 Å². The van der Waals surface area contributed by atoms with Crippen molar-refractivity contribution in [2.45, 2.75) is 30.7 Å². The molecule has 2 rings (SSSR count). The maximum atomic E-state index is 12.5. The molecule has 2 heterocycles. The average Bonchev–Trinajstić information content (AvgIpc) is 3.06. The van der Waals surface area contributed by atoms with Gasteiger partial charge >= 0.3 is 12.2 Å². The van der Waals surface area contributed by atoms with Gasteiger partial charge in [-0.15, -0.1) is 0 Å². The molecule has 10 heteroatoms. The average molecular weight is 411 g/mol. The highest BCUT2D eigenvalue weighted by Crippen LogP contribution is 2.32. The number of hydrogen-bond donors (Lipinski definition) is 1. The van der Waals surface area contributed by atoms with E-state index in [-0.39, 0.29) is 42.6 Å². The summed E-state index contributed by atoms with van der Waals surface area (Å²) in [6, 6.07) is -0.921. The number of thioether (sulfide) groups is 1. The van der Waals surface area contributed by atoms with Crippen molar-refractivity contribution in [2.24, 2.45) is 0 Å². The van der Waals surface area contributed by atoms with Crippen LogP contribution in [0.2, 0.25) is 0 Å². The number of hydrogen-bond acceptors (Lipinski definition) is 7. The zero-order valence-corrected chi connectivity index (χ0v) is 16.6. The van der Waals surface area contributed by atoms with Crippen molar-refractivity contribution in [1.29, 1.82) is 0 Å². The largest absolute Gasteiger partial charge is 0.445 e. The fourth-order valence-electron chi connectivity index (χ4n) is 3.35. The molecule has 0 radical (unpaired) electrons. The van der Waals surface area contributed by atoms with Gasteiger partial charge in [-0.05, 0) is 6.42 Å². The predicted octanol–water partition coefficient (Wildman–Crippen LogP) is 1.15. The third kappa shape index (κ3) is 5.51. The lowest BCUT2D eigenvalue weighted by Crippen LogP contribution is -2.63. The molecule has 28 heavy (non-hydrogen) atoms. The zero-order valence-electron chi connectivity index (χ0n) is 15.8. The molecular weight excluding hydrogens is 386 g/mol. The van der Waals surface area contributed by atoms with E-state index < -0.39 is 24.3 Å². The number of piperazine rings is 1. The quantitative estimate of drug-likeness (QED) is 0.654. The van der Waals surface area contributed by atoms with Crippen LogP contribution in [0.3, 0.4) is 0 Å². The van der Waals surface area contributed by atoms with Crippen molar-refractivity contribution in [3.63, 3.8) is 0 Å². The van der Waals surface area contributed by atoms with Crippen molar-refractivity contribution in [3.05, 3.63) is 25.3 Å². The van der Waals surface area contributed by atoms with Gasteiger partial charge in [0.2, 0.25) is 5.91 Å². The lowest BCUT2D eigenvalue weighted by molar-refractivity contribution is -0.125. The SMILES string of the molecule is C=CCOC(=O)N1CC(=O)NCC1[C@@H]1C[C@H](SC(C)=O)CN1C(=O)OCC=C. The molecule has 1 unspecified atom stereocenters. The first-order valence-corrected chi connectivity index (χ1v) is 9.77. The molecule has 0 aromatic carbocycles. The normalized spacial score (nSPS) is 24.3. The maximum absolute atomic E-state index is 12.5. The molecule has 154 valence electrons. The van der Waals surface area contributed by atoms with E-state index in [1.807, 2.05) is 0 Å². The second-order valence-corrected chi connectivity index (χ2v) is 7.89. The van der Waals surface area contributed by atoms with Crippen molar-refractivity contribution in [1.82, 2.24) is 15.1 Å². The van der Waals surface area contributed by atoms with Crippen LogP contribution in [0.4, 0.5) is 9.59 Å². The van der Waals surface area contributed by atoms with Crippen LogP contribution in [0.1, 0.15) is 13.3 Å². The van der Waals surface area contributed by atoms with E-state index in [4.69, 9.17) is 9.47 Å². The van der Waals surface area contributed by atoms with Crippen LogP contribution in [-0.2, 0) is 19.1 Å². The van der Waals surface area contributed by atoms with Crippen LogP contribution in [0.15, 0.2) is 25.3 Å². The van der Waals surface area contributed by atoms with E-state index in [1.165, 1.54) is 28.9 Å². The summed E-state index contributed by atoms with van der Waals surface area (Å²) in [5.41, 5.74) is 0. The molecule has 3 amide bonds. The fourth-order valence-corrected chi connectivity index (χ4v) is 4.35. The third-order valence-electron chi connectivity index (χ3n) is 4.42. The molecule has 3 atom stereocenters. The first-order valence-electron chi connectivity index (χ1n) is 8.89. The van der Waals surface area contributed by atoms with Crippen LogP contribution in [0.25, 0.3) is 0 Å². The maximum Gasteiger partial charge on any atom is 0.410 e. The Morgan fingerprint density at radius 2 is 1.75 bits per heavy atom. The van der Waals surface area contributed by atoms with Crippen LogP contribution >= 0.6 is 11.8 Å². The minimum Gasteiger partial charge on any atom is -0.445 e. The van der Waals surface area contributed by atoms with Gasteiger partial charge in [0.25, 0.3) is 0 Å². The number of likely N-dealkylation sites (tertiary alicyclic amines) is 1. The number of nitrogens with zero attached hydrogens (tertiary/aromatic N) is 2. The molecule has 2 saturated heterocycles. The Bertz CT molecular complexity index is 655. The molecule has 9 nitrogen and oxygen atoms in total. The summed E-state index contributed by atoms with van der Waals surface area (Å²) in [7, 11) is 0. The minimum absolute atomic E-state index is 0.0161. The minimum atomic E-state index is -0.651. The molecule has 0 spiro atoms. The first kappa shape index (κ1) is 21.8. The van der Waals surface area contributed by atoms with Gasteiger partial charge in [0, 0.05) is 25.3 Å². The summed E-state index contributed by atoms with van der Waals surface area (Å²) in [5, 5.41) is 2.56. The summed E-state index contributed by atoms with van der Waals surface area (Å²) in [4.78, 5) is 51.2. The second-order valence-electron chi connectivity index (χ2n) is 6.42. The number of amides is 3. The lowest BCUT2D eigenvalue weighted by atomic mass is 10.0. The van der Waals surface area contributed by atoms with Gasteiger partial charge in [-0.2, -0.15) is 0 Å². The monoisotopic (exact) mass is 411 g/mol. The van der Waals surface area contributed by atoms with E-state index in [1.54, 1.807) is 0 Å². The van der Waals surface area contributed by atoms with Crippen molar-refractivity contribution < 1.29 is 28.7 Å². The predicted molar refractivity (Wildman–Crippen MR) is 104 cm³/mol. The van der Waals surface area contributed by atoms with Crippen molar-refractivity contribution >= 4 is 35.0 Å². The zero-order chi connectivity index (χ0) is 20.7. The van der Waals surface area contributed by atoms with Gasteiger partial charge in [0.1, 0.15) is 19.8 Å². The molecule has 2 aliphatic rings. The molecular formula is C18H25N3O6S. The van der Waals surface area contributed by atoms with E-state index in [2.05, 4.69) is 18.5 Å². The van der Waals surface area contributed by atoms with Crippen LogP contribution < -0.4 is 5.32 Å². The van der Waals surface area contributed by atoms with Gasteiger partial charge in [-0.25, -0.2) is 9.59 Å². The Kier molecular flexibility index (Phi) is 7.91. The lowest BCUT2D eigenvalue weighted by Gasteiger charge is -2.40. The van der Waals surface area contributed by atoms with E-state index >= 15 is 0 Å². The van der Waals surface area contributed by atoms with Crippen LogP contribution in [-0.4, -0.2) is 83.2 Å². The van der Waals surface area contributed by atoms with Crippen molar-refractivity contribution in [2.75, 3.05) is 32.8 Å². The van der Waals surface area contributed by atoms with E-state index in [0.29, 0.717) is 13.0 Å². The number of rotatable bonds is 6. The van der Waals surface area contributed by atoms with Gasteiger partial charge in [-0.3, -0.25) is 14.5 Å². The molecule has 0 aromatic rings. The summed E-state index contributed by atoms with van der Waals surface area (Å²) in [6.07, 6.45) is 2.18. The highest BCUT2D eigenvalue weighted by Gasteiger charge is 2.46. The Morgan fingerprint density at radius 3 is 2.32 bits per heavy atom. The van der Waals surface area contributed by atoms with Gasteiger partial charge < -0.3 is 19.7 Å². The number of ether oxygens (including phenoxy) is 2. The Morgan fingerprint density at radius 1 is 1.14 bits per heavy atom. The molecule has 2 aliphatic heterocycles. The highest BCUT2D eigenvalue weighted by atomic mass is 32.2. The summed E-state index contributed by atoms with van der Waals surface area (Å²) in [5.74, 6) is -0.305. The van der Waals surface area contributed by atoms with Gasteiger partial charge in [0.15, 0.2) is 5.12 Å². The molecule has 0 aromatic heterocycles. The van der Waals surface area contributed by atoms with E-state index in [9.17, 15) is 19.2 Å². The number of nitrogens with one attached hydrogen (secondary N) is 1. The van der Waals surface area contributed by atoms with Crippen molar-refractivity contribution in [3.8, 4) is 0 Å². The van der Waals surface area contributed by atoms with Crippen LogP contribution in [0.5, 0.6) is 0 Å². The number of carbonyl (C=O) groups is 4. The second kappa shape index (κ2) is 10.2. The fraction of sp³-hybridized carbons (Fsp3) is 0.556. The topological polar surface area (TPSA) is 105 Å². The molecule has 0 aliphatic carbocycles. The molecule has 0 saturated carbocycles. The Balaban J connectivity index is 2.23. The van der Waals surface area contributed by atoms with Gasteiger partial charge in [0.05, 0.1) is 12.1 Å². The first-order chi connectivity index (χ1) is 13.4. The molecule has 0 bridgehead atoms. The summed E-state index contributed by atoms with van der Waals surface area (Å²) >= 11 is 1.16. The smallest absolute Gasteiger partial charge is 0.410 e. The Hall–Kier alpha value is -2.49. The third-order valence-corrected chi connectivity index (χ3v) is 5.43. The van der Waals surface area contributed by atoms with Crippen LogP contribution in [0, 0.1) is 0 Å². The highest BCUT2D eigenvalue weighted by molar-refractivity contribution is 8.14. The Labute approximate surface area is 168 Å².